The van der Waals surface area contributed by atoms with Crippen molar-refractivity contribution >= 4 is 10.8 Å². The summed E-state index contributed by atoms with van der Waals surface area (Å²) in [5.41, 5.74) is 1.35. The number of hydrogen-bond acceptors (Lipinski definition) is 2. The lowest BCUT2D eigenvalue weighted by atomic mass is 10.0. The number of benzene rings is 2. The smallest absolute Gasteiger partial charge is 0.0622 e. The van der Waals surface area contributed by atoms with Crippen LogP contribution < -0.4 is 5.32 Å². The lowest BCUT2D eigenvalue weighted by Gasteiger charge is -2.16. The van der Waals surface area contributed by atoms with E-state index in [4.69, 9.17) is 4.74 Å². The monoisotopic (exact) mass is 243 g/mol. The SMILES string of the molecule is CCOCC(Cc1ccc2ccccc2c1)NC. The first-order valence-electron chi connectivity index (χ1n) is 6.56. The lowest BCUT2D eigenvalue weighted by Crippen LogP contribution is -2.32. The zero-order valence-electron chi connectivity index (χ0n) is 11.1. The molecule has 0 aromatic heterocycles. The third-order valence-electron chi connectivity index (χ3n) is 3.23. The van der Waals surface area contributed by atoms with Gasteiger partial charge in [-0.3, -0.25) is 0 Å². The molecule has 18 heavy (non-hydrogen) atoms. The third kappa shape index (κ3) is 3.31. The van der Waals surface area contributed by atoms with Crippen molar-refractivity contribution in [3.05, 3.63) is 48.0 Å². The lowest BCUT2D eigenvalue weighted by molar-refractivity contribution is 0.125. The molecule has 2 rings (SSSR count). The Morgan fingerprint density at radius 2 is 1.89 bits per heavy atom. The van der Waals surface area contributed by atoms with Crippen LogP contribution in [0.2, 0.25) is 0 Å². The van der Waals surface area contributed by atoms with E-state index in [9.17, 15) is 0 Å². The molecular formula is C16H21NO. The molecule has 2 nitrogen and oxygen atoms in total. The number of hydrogen-bond donors (Lipinski definition) is 1. The molecule has 1 N–H and O–H groups in total. The van der Waals surface area contributed by atoms with E-state index in [1.165, 1.54) is 16.3 Å². The second kappa shape index (κ2) is 6.53. The molecule has 0 bridgehead atoms. The van der Waals surface area contributed by atoms with E-state index < -0.39 is 0 Å². The van der Waals surface area contributed by atoms with Gasteiger partial charge in [0.25, 0.3) is 0 Å². The summed E-state index contributed by atoms with van der Waals surface area (Å²) in [6.45, 7) is 3.57. The Bertz CT molecular complexity index is 495. The van der Waals surface area contributed by atoms with Crippen LogP contribution in [-0.4, -0.2) is 26.3 Å². The maximum absolute atomic E-state index is 5.48. The number of rotatable bonds is 6. The van der Waals surface area contributed by atoms with Crippen LogP contribution in [0.1, 0.15) is 12.5 Å². The van der Waals surface area contributed by atoms with Crippen LogP contribution in [0.5, 0.6) is 0 Å². The van der Waals surface area contributed by atoms with Crippen molar-refractivity contribution in [2.75, 3.05) is 20.3 Å². The van der Waals surface area contributed by atoms with Crippen LogP contribution in [0.25, 0.3) is 10.8 Å². The van der Waals surface area contributed by atoms with E-state index in [2.05, 4.69) is 47.8 Å². The molecule has 0 radical (unpaired) electrons. The molecule has 0 spiro atoms. The average molecular weight is 243 g/mol. The molecule has 2 aromatic carbocycles. The summed E-state index contributed by atoms with van der Waals surface area (Å²) in [4.78, 5) is 0. The normalized spacial score (nSPS) is 12.8. The molecule has 0 heterocycles. The van der Waals surface area contributed by atoms with Gasteiger partial charge in [-0.15, -0.1) is 0 Å². The molecule has 0 aliphatic carbocycles. The minimum atomic E-state index is 0.381. The summed E-state index contributed by atoms with van der Waals surface area (Å²) in [6.07, 6.45) is 1.00. The zero-order valence-corrected chi connectivity index (χ0v) is 11.1. The van der Waals surface area contributed by atoms with E-state index in [0.717, 1.165) is 19.6 Å². The minimum Gasteiger partial charge on any atom is -0.380 e. The first-order valence-corrected chi connectivity index (χ1v) is 6.56. The van der Waals surface area contributed by atoms with Crippen LogP contribution >= 0.6 is 0 Å². The van der Waals surface area contributed by atoms with Gasteiger partial charge in [-0.25, -0.2) is 0 Å². The fourth-order valence-corrected chi connectivity index (χ4v) is 2.15. The topological polar surface area (TPSA) is 21.3 Å². The van der Waals surface area contributed by atoms with Crippen molar-refractivity contribution in [2.24, 2.45) is 0 Å². The van der Waals surface area contributed by atoms with Crippen LogP contribution in [-0.2, 0) is 11.2 Å². The molecule has 0 fully saturated rings. The summed E-state index contributed by atoms with van der Waals surface area (Å²) in [6, 6.07) is 15.5. The fourth-order valence-electron chi connectivity index (χ4n) is 2.15. The Kier molecular flexibility index (Phi) is 4.73. The molecule has 96 valence electrons. The summed E-state index contributed by atoms with van der Waals surface area (Å²) >= 11 is 0. The van der Waals surface area contributed by atoms with Crippen molar-refractivity contribution in [1.82, 2.24) is 5.32 Å². The van der Waals surface area contributed by atoms with Gasteiger partial charge in [0.2, 0.25) is 0 Å². The Labute approximate surface area is 109 Å². The van der Waals surface area contributed by atoms with Gasteiger partial charge in [-0.1, -0.05) is 42.5 Å². The van der Waals surface area contributed by atoms with Gasteiger partial charge in [-0.05, 0) is 36.7 Å². The number of likely N-dealkylation sites (N-methyl/N-ethyl adjacent to an activating group) is 1. The van der Waals surface area contributed by atoms with Crippen molar-refractivity contribution < 1.29 is 4.74 Å². The Hall–Kier alpha value is -1.38. The van der Waals surface area contributed by atoms with E-state index >= 15 is 0 Å². The first kappa shape index (κ1) is 13.1. The maximum Gasteiger partial charge on any atom is 0.0622 e. The van der Waals surface area contributed by atoms with Gasteiger partial charge < -0.3 is 10.1 Å². The van der Waals surface area contributed by atoms with Crippen LogP contribution in [0.3, 0.4) is 0 Å². The molecule has 1 unspecified atom stereocenters. The molecule has 2 aromatic rings. The summed E-state index contributed by atoms with van der Waals surface area (Å²) in [7, 11) is 1.99. The molecule has 2 heteroatoms. The van der Waals surface area contributed by atoms with E-state index in [0.29, 0.717) is 6.04 Å². The summed E-state index contributed by atoms with van der Waals surface area (Å²) < 4.78 is 5.48. The number of ether oxygens (including phenoxy) is 1. The molecule has 0 saturated carbocycles. The Balaban J connectivity index is 2.10. The summed E-state index contributed by atoms with van der Waals surface area (Å²) in [5, 5.41) is 5.91. The van der Waals surface area contributed by atoms with E-state index in [1.54, 1.807) is 0 Å². The highest BCUT2D eigenvalue weighted by Gasteiger charge is 2.07. The van der Waals surface area contributed by atoms with Gasteiger partial charge >= 0.3 is 0 Å². The van der Waals surface area contributed by atoms with E-state index in [1.807, 2.05) is 14.0 Å². The zero-order chi connectivity index (χ0) is 12.8. The second-order valence-electron chi connectivity index (χ2n) is 4.53. The predicted octanol–water partition coefficient (Wildman–Crippen LogP) is 3.01. The highest BCUT2D eigenvalue weighted by Crippen LogP contribution is 2.16. The molecule has 0 aliphatic heterocycles. The van der Waals surface area contributed by atoms with Crippen molar-refractivity contribution in [3.8, 4) is 0 Å². The third-order valence-corrected chi connectivity index (χ3v) is 3.23. The predicted molar refractivity (Wildman–Crippen MR) is 77.0 cm³/mol. The van der Waals surface area contributed by atoms with Crippen molar-refractivity contribution in [1.29, 1.82) is 0 Å². The van der Waals surface area contributed by atoms with Gasteiger partial charge in [0, 0.05) is 12.6 Å². The molecular weight excluding hydrogens is 222 g/mol. The maximum atomic E-state index is 5.48. The quantitative estimate of drug-likeness (QED) is 0.842. The highest BCUT2D eigenvalue weighted by molar-refractivity contribution is 5.82. The first-order chi connectivity index (χ1) is 8.83. The second-order valence-corrected chi connectivity index (χ2v) is 4.53. The van der Waals surface area contributed by atoms with Crippen LogP contribution in [0.15, 0.2) is 42.5 Å². The summed E-state index contributed by atoms with van der Waals surface area (Å²) in [5.74, 6) is 0. The Morgan fingerprint density at radius 3 is 2.61 bits per heavy atom. The van der Waals surface area contributed by atoms with Crippen molar-refractivity contribution in [3.63, 3.8) is 0 Å². The van der Waals surface area contributed by atoms with Gasteiger partial charge in [0.15, 0.2) is 0 Å². The van der Waals surface area contributed by atoms with Gasteiger partial charge in [0.1, 0.15) is 0 Å². The van der Waals surface area contributed by atoms with Crippen LogP contribution in [0.4, 0.5) is 0 Å². The molecule has 0 amide bonds. The molecule has 0 saturated heterocycles. The Morgan fingerprint density at radius 1 is 1.11 bits per heavy atom. The average Bonchev–Trinajstić information content (AvgIpc) is 2.43. The molecule has 0 aliphatic rings. The highest BCUT2D eigenvalue weighted by atomic mass is 16.5. The van der Waals surface area contributed by atoms with Gasteiger partial charge in [-0.2, -0.15) is 0 Å². The van der Waals surface area contributed by atoms with Crippen molar-refractivity contribution in [2.45, 2.75) is 19.4 Å². The van der Waals surface area contributed by atoms with Gasteiger partial charge in [0.05, 0.1) is 6.61 Å². The molecule has 1 atom stereocenters. The van der Waals surface area contributed by atoms with E-state index in [-0.39, 0.29) is 0 Å². The number of nitrogens with one attached hydrogen (secondary N) is 1. The minimum absolute atomic E-state index is 0.381. The fraction of sp³-hybridized carbons (Fsp3) is 0.375. The van der Waals surface area contributed by atoms with Crippen LogP contribution in [0, 0.1) is 0 Å². The standard InChI is InChI=1S/C16H21NO/c1-3-18-12-16(17-2)11-13-8-9-14-6-4-5-7-15(14)10-13/h4-10,16-17H,3,11-12H2,1-2H3. The number of fused-ring (bicyclic) bond motifs is 1. The largest absolute Gasteiger partial charge is 0.380 e.